The Balaban J connectivity index is 2.08. The van der Waals surface area contributed by atoms with Crippen LogP contribution >= 0.6 is 11.6 Å². The summed E-state index contributed by atoms with van der Waals surface area (Å²) in [5.74, 6) is -0.733. The van der Waals surface area contributed by atoms with E-state index >= 15 is 0 Å². The Morgan fingerprint density at radius 2 is 1.83 bits per heavy atom. The molecule has 7 nitrogen and oxygen atoms in total. The van der Waals surface area contributed by atoms with E-state index in [2.05, 4.69) is 4.99 Å². The van der Waals surface area contributed by atoms with Gasteiger partial charge in [0.1, 0.15) is 5.82 Å². The van der Waals surface area contributed by atoms with Crippen LogP contribution in [0.25, 0.3) is 5.69 Å². The van der Waals surface area contributed by atoms with Crippen LogP contribution in [-0.2, 0) is 6.18 Å². The molecule has 12 heteroatoms. The van der Waals surface area contributed by atoms with Gasteiger partial charge >= 0.3 is 6.18 Å². The molecule has 29 heavy (non-hydrogen) atoms. The van der Waals surface area contributed by atoms with Crippen molar-refractivity contribution < 1.29 is 22.5 Å². The van der Waals surface area contributed by atoms with E-state index in [0.29, 0.717) is 10.9 Å². The standard InChI is InChI=1S/C17H9ClF4N4O3/c18-13-7-9(1-6-14(13)19)23-8-12-15(17(20,21)22)24-25(16(12)27)10-2-4-11(5-3-10)26(28)29/h1-8,24H. The first-order chi connectivity index (χ1) is 13.6. The average molecular weight is 429 g/mol. The third-order valence-corrected chi connectivity index (χ3v) is 4.06. The number of rotatable bonds is 4. The highest BCUT2D eigenvalue weighted by atomic mass is 35.5. The highest BCUT2D eigenvalue weighted by Crippen LogP contribution is 2.30. The van der Waals surface area contributed by atoms with Crippen LogP contribution in [0.1, 0.15) is 11.3 Å². The highest BCUT2D eigenvalue weighted by molar-refractivity contribution is 6.31. The van der Waals surface area contributed by atoms with Crippen molar-refractivity contribution in [1.29, 1.82) is 0 Å². The van der Waals surface area contributed by atoms with Crippen molar-refractivity contribution in [2.24, 2.45) is 4.99 Å². The Morgan fingerprint density at radius 3 is 2.38 bits per heavy atom. The lowest BCUT2D eigenvalue weighted by molar-refractivity contribution is -0.384. The van der Waals surface area contributed by atoms with Crippen LogP contribution in [0, 0.1) is 15.9 Å². The molecule has 1 heterocycles. The second-order valence-electron chi connectivity index (χ2n) is 5.67. The zero-order chi connectivity index (χ0) is 21.3. The molecule has 0 spiro atoms. The van der Waals surface area contributed by atoms with Gasteiger partial charge in [0, 0.05) is 18.3 Å². The minimum atomic E-state index is -4.91. The molecule has 0 saturated heterocycles. The number of benzene rings is 2. The molecule has 0 aliphatic carbocycles. The number of alkyl halides is 3. The van der Waals surface area contributed by atoms with Gasteiger partial charge in [-0.05, 0) is 30.3 Å². The maximum Gasteiger partial charge on any atom is 0.433 e. The van der Waals surface area contributed by atoms with Gasteiger partial charge in [0.05, 0.1) is 26.9 Å². The number of hydrogen-bond donors (Lipinski definition) is 1. The van der Waals surface area contributed by atoms with E-state index in [1.165, 1.54) is 6.07 Å². The number of aromatic nitrogens is 2. The molecule has 0 atom stereocenters. The molecular weight excluding hydrogens is 420 g/mol. The van der Waals surface area contributed by atoms with Crippen molar-refractivity contribution in [3.63, 3.8) is 0 Å². The zero-order valence-electron chi connectivity index (χ0n) is 14.1. The highest BCUT2D eigenvalue weighted by Gasteiger charge is 2.37. The number of aliphatic imine (C=N–C) groups is 1. The van der Waals surface area contributed by atoms with E-state index in [9.17, 15) is 32.5 Å². The van der Waals surface area contributed by atoms with Gasteiger partial charge in [-0.1, -0.05) is 11.6 Å². The van der Waals surface area contributed by atoms with Crippen molar-refractivity contribution in [2.45, 2.75) is 6.18 Å². The fourth-order valence-corrected chi connectivity index (χ4v) is 2.57. The largest absolute Gasteiger partial charge is 0.433 e. The number of hydrogen-bond acceptors (Lipinski definition) is 4. The molecule has 2 aromatic carbocycles. The number of H-pyrrole nitrogens is 1. The topological polar surface area (TPSA) is 93.3 Å². The molecular formula is C17H9ClF4N4O3. The molecule has 0 saturated carbocycles. The van der Waals surface area contributed by atoms with Gasteiger partial charge in [0.25, 0.3) is 11.2 Å². The molecule has 3 aromatic rings. The quantitative estimate of drug-likeness (QED) is 0.284. The minimum absolute atomic E-state index is 0.0343. The fourth-order valence-electron chi connectivity index (χ4n) is 2.40. The summed E-state index contributed by atoms with van der Waals surface area (Å²) in [6.45, 7) is 0. The smallest absolute Gasteiger partial charge is 0.286 e. The van der Waals surface area contributed by atoms with E-state index in [1.54, 1.807) is 0 Å². The third-order valence-electron chi connectivity index (χ3n) is 3.77. The molecule has 0 fully saturated rings. The van der Waals surface area contributed by atoms with Gasteiger partial charge in [-0.25, -0.2) is 9.07 Å². The van der Waals surface area contributed by atoms with E-state index in [1.807, 2.05) is 5.10 Å². The summed E-state index contributed by atoms with van der Waals surface area (Å²) in [6.07, 6.45) is -4.22. The van der Waals surface area contributed by atoms with Gasteiger partial charge < -0.3 is 0 Å². The normalized spacial score (nSPS) is 11.9. The summed E-state index contributed by atoms with van der Waals surface area (Å²) in [7, 11) is 0. The molecule has 0 bridgehead atoms. The molecule has 1 N–H and O–H groups in total. The van der Waals surface area contributed by atoms with Crippen molar-refractivity contribution in [3.05, 3.63) is 85.0 Å². The monoisotopic (exact) mass is 428 g/mol. The minimum Gasteiger partial charge on any atom is -0.286 e. The van der Waals surface area contributed by atoms with Gasteiger partial charge in [0.15, 0.2) is 5.69 Å². The maximum atomic E-state index is 13.4. The Labute approximate surface area is 164 Å². The van der Waals surface area contributed by atoms with Gasteiger partial charge in [-0.2, -0.15) is 13.2 Å². The number of non-ortho nitro benzene ring substituents is 1. The van der Waals surface area contributed by atoms with Crippen molar-refractivity contribution in [2.75, 3.05) is 0 Å². The third kappa shape index (κ3) is 4.19. The van der Waals surface area contributed by atoms with Crippen molar-refractivity contribution in [3.8, 4) is 5.69 Å². The van der Waals surface area contributed by atoms with Crippen LogP contribution in [0.4, 0.5) is 28.9 Å². The molecule has 1 aromatic heterocycles. The fraction of sp³-hybridized carbons (Fsp3) is 0.0588. The van der Waals surface area contributed by atoms with Crippen molar-refractivity contribution >= 4 is 29.2 Å². The second kappa shape index (κ2) is 7.51. The van der Waals surface area contributed by atoms with Gasteiger partial charge in [0.2, 0.25) is 0 Å². The lowest BCUT2D eigenvalue weighted by Crippen LogP contribution is -2.17. The summed E-state index contributed by atoms with van der Waals surface area (Å²) in [5, 5.41) is 12.4. The SMILES string of the molecule is O=c1c(C=Nc2ccc(F)c(Cl)c2)c(C(F)(F)F)[nH]n1-c1ccc([N+](=O)[O-])cc1. The summed E-state index contributed by atoms with van der Waals surface area (Å²) in [6, 6.07) is 7.57. The van der Waals surface area contributed by atoms with Crippen LogP contribution in [-0.4, -0.2) is 20.9 Å². The molecule has 0 aliphatic heterocycles. The lowest BCUT2D eigenvalue weighted by Gasteiger charge is -2.04. The summed E-state index contributed by atoms with van der Waals surface area (Å²) in [5.41, 5.74) is -3.54. The van der Waals surface area contributed by atoms with Crippen LogP contribution in [0.5, 0.6) is 0 Å². The first-order valence-corrected chi connectivity index (χ1v) is 8.12. The second-order valence-corrected chi connectivity index (χ2v) is 6.08. The Hall–Kier alpha value is -3.47. The van der Waals surface area contributed by atoms with Gasteiger partial charge in [-0.15, -0.1) is 0 Å². The number of aromatic amines is 1. The first-order valence-electron chi connectivity index (χ1n) is 7.74. The van der Waals surface area contributed by atoms with Crippen LogP contribution in [0.15, 0.2) is 52.3 Å². The van der Waals surface area contributed by atoms with E-state index < -0.39 is 33.7 Å². The molecule has 0 amide bonds. The lowest BCUT2D eigenvalue weighted by atomic mass is 10.2. The zero-order valence-corrected chi connectivity index (χ0v) is 14.8. The predicted molar refractivity (Wildman–Crippen MR) is 96.7 cm³/mol. The molecule has 0 aliphatic rings. The van der Waals surface area contributed by atoms with Gasteiger partial charge in [-0.3, -0.25) is 25.0 Å². The number of nitrogens with zero attached hydrogens (tertiary/aromatic N) is 3. The summed E-state index contributed by atoms with van der Waals surface area (Å²) in [4.78, 5) is 26.3. The van der Waals surface area contributed by atoms with Crippen LogP contribution < -0.4 is 5.56 Å². The van der Waals surface area contributed by atoms with E-state index in [-0.39, 0.29) is 22.1 Å². The summed E-state index contributed by atoms with van der Waals surface area (Å²) >= 11 is 5.60. The van der Waals surface area contributed by atoms with Crippen LogP contribution in [0.2, 0.25) is 5.02 Å². The molecule has 0 radical (unpaired) electrons. The van der Waals surface area contributed by atoms with Crippen molar-refractivity contribution in [1.82, 2.24) is 9.78 Å². The van der Waals surface area contributed by atoms with E-state index in [0.717, 1.165) is 36.4 Å². The summed E-state index contributed by atoms with van der Waals surface area (Å²) < 4.78 is 53.9. The maximum absolute atomic E-state index is 13.4. The number of halogens is 5. The van der Waals surface area contributed by atoms with Crippen LogP contribution in [0.3, 0.4) is 0 Å². The molecule has 150 valence electrons. The molecule has 0 unspecified atom stereocenters. The Kier molecular flexibility index (Phi) is 5.25. The average Bonchev–Trinajstić information content (AvgIpc) is 2.99. The number of nitro groups is 1. The number of nitrogens with one attached hydrogen (secondary N) is 1. The van der Waals surface area contributed by atoms with E-state index in [4.69, 9.17) is 11.6 Å². The predicted octanol–water partition coefficient (Wildman–Crippen LogP) is 4.64. The first kappa shape index (κ1) is 20.3. The molecule has 3 rings (SSSR count). The Morgan fingerprint density at radius 1 is 1.17 bits per heavy atom. The number of nitro benzene ring substituents is 1. The Bertz CT molecular complexity index is 1170.